The maximum Gasteiger partial charge on any atom is 0.306 e. The van der Waals surface area contributed by atoms with Crippen molar-refractivity contribution in [2.24, 2.45) is 0 Å². The van der Waals surface area contributed by atoms with Crippen molar-refractivity contribution in [3.05, 3.63) is 72.9 Å². The third-order valence-corrected chi connectivity index (χ3v) is 10.2. The predicted molar refractivity (Wildman–Crippen MR) is 251 cm³/mol. The number of carbonyl (C=O) groups is 3. The van der Waals surface area contributed by atoms with E-state index in [4.69, 9.17) is 14.2 Å². The molecule has 0 aromatic carbocycles. The predicted octanol–water partition coefficient (Wildman–Crippen LogP) is 15.9. The second-order valence-corrected chi connectivity index (χ2v) is 16.0. The van der Waals surface area contributed by atoms with E-state index in [0.717, 1.165) is 96.3 Å². The maximum atomic E-state index is 12.7. The van der Waals surface area contributed by atoms with Gasteiger partial charge in [0.15, 0.2) is 6.10 Å². The molecule has 59 heavy (non-hydrogen) atoms. The Labute approximate surface area is 363 Å². The Morgan fingerprint density at radius 3 is 1.14 bits per heavy atom. The van der Waals surface area contributed by atoms with E-state index in [-0.39, 0.29) is 31.1 Å². The van der Waals surface area contributed by atoms with Crippen LogP contribution < -0.4 is 0 Å². The topological polar surface area (TPSA) is 78.9 Å². The van der Waals surface area contributed by atoms with Gasteiger partial charge in [-0.1, -0.05) is 177 Å². The van der Waals surface area contributed by atoms with Gasteiger partial charge >= 0.3 is 17.9 Å². The third-order valence-electron chi connectivity index (χ3n) is 10.2. The molecule has 6 nitrogen and oxygen atoms in total. The smallest absolute Gasteiger partial charge is 0.306 e. The Morgan fingerprint density at radius 2 is 0.678 bits per heavy atom. The van der Waals surface area contributed by atoms with Gasteiger partial charge in [0.2, 0.25) is 0 Å². The van der Waals surface area contributed by atoms with Crippen molar-refractivity contribution in [2.75, 3.05) is 13.2 Å². The minimum absolute atomic E-state index is 0.0946. The van der Waals surface area contributed by atoms with Crippen LogP contribution in [0.5, 0.6) is 0 Å². The molecular weight excluding hydrogens is 733 g/mol. The van der Waals surface area contributed by atoms with Crippen molar-refractivity contribution in [1.82, 2.24) is 0 Å². The van der Waals surface area contributed by atoms with Crippen LogP contribution in [-0.4, -0.2) is 37.2 Å². The molecule has 0 aromatic rings. The largest absolute Gasteiger partial charge is 0.462 e. The fraction of sp³-hybridized carbons (Fsp3) is 0.717. The van der Waals surface area contributed by atoms with Crippen molar-refractivity contribution in [3.63, 3.8) is 0 Å². The zero-order valence-electron chi connectivity index (χ0n) is 38.5. The molecule has 1 atom stereocenters. The molecule has 0 aliphatic rings. The van der Waals surface area contributed by atoms with Gasteiger partial charge in [0.1, 0.15) is 13.2 Å². The van der Waals surface area contributed by atoms with Crippen LogP contribution in [0.25, 0.3) is 0 Å². The molecule has 0 spiro atoms. The fourth-order valence-corrected chi connectivity index (χ4v) is 6.47. The first-order chi connectivity index (χ1) is 29.0. The van der Waals surface area contributed by atoms with Crippen molar-refractivity contribution in [3.8, 4) is 0 Å². The fourth-order valence-electron chi connectivity index (χ4n) is 6.47. The SMILES string of the molecule is CC/C=C\C/C=C\C/C=C\C/C=C\CCCCC(=O)OC[C@H](COC(=O)CCCCCCCCC/C=C\CCCCCC)OC(=O)CCCCCCC/C=C\CCCC. The molecule has 0 heterocycles. The van der Waals surface area contributed by atoms with E-state index in [2.05, 4.69) is 93.7 Å². The Kier molecular flexibility index (Phi) is 45.0. The number of rotatable bonds is 43. The first-order valence-electron chi connectivity index (χ1n) is 24.4. The average Bonchev–Trinajstić information content (AvgIpc) is 3.23. The summed E-state index contributed by atoms with van der Waals surface area (Å²) in [6.45, 7) is 6.41. The molecular formula is C53H90O6. The van der Waals surface area contributed by atoms with Crippen LogP contribution in [0.2, 0.25) is 0 Å². The number of carbonyl (C=O) groups excluding carboxylic acids is 3. The van der Waals surface area contributed by atoms with Crippen LogP contribution >= 0.6 is 0 Å². The Morgan fingerprint density at radius 1 is 0.356 bits per heavy atom. The summed E-state index contributed by atoms with van der Waals surface area (Å²) in [5.74, 6) is -0.954. The Hall–Kier alpha value is -3.15. The molecule has 0 saturated carbocycles. The van der Waals surface area contributed by atoms with Gasteiger partial charge in [0, 0.05) is 19.3 Å². The van der Waals surface area contributed by atoms with Crippen LogP contribution in [-0.2, 0) is 28.6 Å². The van der Waals surface area contributed by atoms with E-state index in [9.17, 15) is 14.4 Å². The molecule has 0 radical (unpaired) electrons. The van der Waals surface area contributed by atoms with Gasteiger partial charge in [-0.15, -0.1) is 0 Å². The Bertz CT molecular complexity index is 1130. The third kappa shape index (κ3) is 45.8. The van der Waals surface area contributed by atoms with Crippen LogP contribution in [0.15, 0.2) is 72.9 Å². The molecule has 0 aromatic heterocycles. The first kappa shape index (κ1) is 55.9. The highest BCUT2D eigenvalue weighted by molar-refractivity contribution is 5.71. The van der Waals surface area contributed by atoms with Crippen LogP contribution in [0.1, 0.15) is 226 Å². The van der Waals surface area contributed by atoms with Gasteiger partial charge in [-0.2, -0.15) is 0 Å². The molecule has 0 saturated heterocycles. The molecule has 0 unspecified atom stereocenters. The lowest BCUT2D eigenvalue weighted by Crippen LogP contribution is -2.30. The zero-order chi connectivity index (χ0) is 43.0. The summed E-state index contributed by atoms with van der Waals surface area (Å²) in [5.41, 5.74) is 0. The first-order valence-corrected chi connectivity index (χ1v) is 24.4. The number of allylic oxidation sites excluding steroid dienone is 12. The van der Waals surface area contributed by atoms with E-state index in [1.54, 1.807) is 0 Å². The second kappa shape index (κ2) is 47.5. The standard InChI is InChI=1S/C53H90O6/c1-4-7-10-13-16-19-22-24-26-28-31-33-36-39-42-45-51(54)57-48-50(59-53(56)47-44-41-38-35-30-21-18-15-12-9-6-3)49-58-52(55)46-43-40-37-34-32-29-27-25-23-20-17-14-11-8-5-2/h7,10,15-16,18-20,23-24,26,31,33,50H,4-6,8-9,11-14,17,21-22,25,27-30,32,34-49H2,1-3H3/b10-7-,18-15-,19-16-,23-20-,26-24-,33-31-/t50-/m1/s1. The quantitative estimate of drug-likeness (QED) is 0.0264. The summed E-state index contributed by atoms with van der Waals surface area (Å²) in [6, 6.07) is 0. The molecule has 0 fully saturated rings. The highest BCUT2D eigenvalue weighted by atomic mass is 16.6. The lowest BCUT2D eigenvalue weighted by atomic mass is 10.1. The number of esters is 3. The number of ether oxygens (including phenoxy) is 3. The van der Waals surface area contributed by atoms with Gasteiger partial charge < -0.3 is 14.2 Å². The zero-order valence-corrected chi connectivity index (χ0v) is 38.5. The monoisotopic (exact) mass is 823 g/mol. The van der Waals surface area contributed by atoms with E-state index in [0.29, 0.717) is 19.3 Å². The minimum atomic E-state index is -0.796. The van der Waals surface area contributed by atoms with Gasteiger partial charge in [0.25, 0.3) is 0 Å². The molecule has 338 valence electrons. The minimum Gasteiger partial charge on any atom is -0.462 e. The molecule has 0 bridgehead atoms. The summed E-state index contributed by atoms with van der Waals surface area (Å²) in [5, 5.41) is 0. The summed E-state index contributed by atoms with van der Waals surface area (Å²) < 4.78 is 16.7. The van der Waals surface area contributed by atoms with E-state index in [1.807, 2.05) is 0 Å². The normalized spacial score (nSPS) is 12.7. The second-order valence-electron chi connectivity index (χ2n) is 16.0. The van der Waals surface area contributed by atoms with E-state index in [1.165, 1.54) is 89.9 Å². The van der Waals surface area contributed by atoms with Gasteiger partial charge in [0.05, 0.1) is 0 Å². The van der Waals surface area contributed by atoms with Crippen molar-refractivity contribution < 1.29 is 28.6 Å². The van der Waals surface area contributed by atoms with Crippen LogP contribution in [0, 0.1) is 0 Å². The van der Waals surface area contributed by atoms with Crippen molar-refractivity contribution in [1.29, 1.82) is 0 Å². The van der Waals surface area contributed by atoms with E-state index >= 15 is 0 Å². The molecule has 0 aliphatic carbocycles. The summed E-state index contributed by atoms with van der Waals surface area (Å²) in [4.78, 5) is 37.8. The number of hydrogen-bond acceptors (Lipinski definition) is 6. The summed E-state index contributed by atoms with van der Waals surface area (Å²) >= 11 is 0. The highest BCUT2D eigenvalue weighted by Gasteiger charge is 2.19. The van der Waals surface area contributed by atoms with Crippen LogP contribution in [0.4, 0.5) is 0 Å². The molecule has 0 N–H and O–H groups in total. The molecule has 0 rings (SSSR count). The van der Waals surface area contributed by atoms with Gasteiger partial charge in [-0.25, -0.2) is 0 Å². The molecule has 6 heteroatoms. The van der Waals surface area contributed by atoms with Crippen molar-refractivity contribution >= 4 is 17.9 Å². The maximum absolute atomic E-state index is 12.7. The summed E-state index contributed by atoms with van der Waals surface area (Å²) in [6.07, 6.45) is 58.8. The lowest BCUT2D eigenvalue weighted by Gasteiger charge is -2.18. The summed E-state index contributed by atoms with van der Waals surface area (Å²) in [7, 11) is 0. The van der Waals surface area contributed by atoms with Gasteiger partial charge in [-0.3, -0.25) is 14.4 Å². The van der Waals surface area contributed by atoms with Gasteiger partial charge in [-0.05, 0) is 103 Å². The number of unbranched alkanes of at least 4 members (excludes halogenated alkanes) is 20. The lowest BCUT2D eigenvalue weighted by molar-refractivity contribution is -0.167. The number of hydrogen-bond donors (Lipinski definition) is 0. The highest BCUT2D eigenvalue weighted by Crippen LogP contribution is 2.13. The van der Waals surface area contributed by atoms with Crippen molar-refractivity contribution in [2.45, 2.75) is 232 Å². The average molecular weight is 823 g/mol. The van der Waals surface area contributed by atoms with E-state index < -0.39 is 6.10 Å². The molecule has 0 aliphatic heterocycles. The van der Waals surface area contributed by atoms with Crippen LogP contribution in [0.3, 0.4) is 0 Å². The Balaban J connectivity index is 4.44. The molecule has 0 amide bonds.